The van der Waals surface area contributed by atoms with Crippen molar-refractivity contribution in [1.82, 2.24) is 9.55 Å². The molecular weight excluding hydrogens is 521 g/mol. The van der Waals surface area contributed by atoms with Gasteiger partial charge in [0.15, 0.2) is 0 Å². The highest BCUT2D eigenvalue weighted by Gasteiger charge is 2.12. The average Bonchev–Trinajstić information content (AvgIpc) is 2.66. The molecule has 0 radical (unpaired) electrons. The Kier molecular flexibility index (Phi) is 6.46. The summed E-state index contributed by atoms with van der Waals surface area (Å²) < 4.78 is 32.3. The van der Waals surface area contributed by atoms with Gasteiger partial charge in [0, 0.05) is 23.5 Å². The molecule has 0 saturated carbocycles. The number of rotatable bonds is 6. The van der Waals surface area contributed by atoms with Crippen molar-refractivity contribution in [2.75, 3.05) is 18.1 Å². The quantitative estimate of drug-likeness (QED) is 0.370. The lowest BCUT2D eigenvalue weighted by Crippen LogP contribution is -2.32. The molecule has 1 aromatic heterocycles. The fourth-order valence-corrected chi connectivity index (χ4v) is 4.21. The summed E-state index contributed by atoms with van der Waals surface area (Å²) >= 11 is 2.08. The summed E-state index contributed by atoms with van der Waals surface area (Å²) in [6, 6.07) is 11.5. The molecular formula is C20H18IN3O5S. The van der Waals surface area contributed by atoms with E-state index >= 15 is 0 Å². The lowest BCUT2D eigenvalue weighted by molar-refractivity contribution is 0.411. The zero-order valence-electron chi connectivity index (χ0n) is 16.0. The lowest BCUT2D eigenvalue weighted by atomic mass is 10.1. The number of anilines is 1. The number of benzene rings is 2. The van der Waals surface area contributed by atoms with Gasteiger partial charge in [-0.05, 0) is 52.4 Å². The summed E-state index contributed by atoms with van der Waals surface area (Å²) in [4.78, 5) is 26.8. The molecule has 3 aromatic rings. The van der Waals surface area contributed by atoms with Gasteiger partial charge in [-0.2, -0.15) is 0 Å². The first kappa shape index (κ1) is 21.8. The molecule has 0 fully saturated rings. The van der Waals surface area contributed by atoms with Crippen molar-refractivity contribution in [2.24, 2.45) is 0 Å². The van der Waals surface area contributed by atoms with Crippen molar-refractivity contribution in [2.45, 2.75) is 0 Å². The smallest absolute Gasteiger partial charge is 0.332 e. The van der Waals surface area contributed by atoms with Crippen LogP contribution in [0.5, 0.6) is 5.75 Å². The summed E-state index contributed by atoms with van der Waals surface area (Å²) in [5.41, 5.74) is 1.40. The van der Waals surface area contributed by atoms with E-state index in [1.165, 1.54) is 12.3 Å². The molecule has 0 saturated heterocycles. The molecule has 0 atom stereocenters. The monoisotopic (exact) mass is 539 g/mol. The second-order valence-corrected chi connectivity index (χ2v) is 9.25. The minimum Gasteiger partial charge on any atom is -0.495 e. The van der Waals surface area contributed by atoms with Gasteiger partial charge < -0.3 is 9.72 Å². The average molecular weight is 539 g/mol. The van der Waals surface area contributed by atoms with Gasteiger partial charge in [0.2, 0.25) is 10.0 Å². The summed E-state index contributed by atoms with van der Waals surface area (Å²) in [7, 11) is -1.80. The van der Waals surface area contributed by atoms with E-state index in [9.17, 15) is 18.0 Å². The van der Waals surface area contributed by atoms with E-state index in [1.807, 2.05) is 6.08 Å². The molecule has 0 aliphatic carbocycles. The number of aromatic nitrogens is 2. The van der Waals surface area contributed by atoms with Crippen LogP contribution < -0.4 is 20.7 Å². The van der Waals surface area contributed by atoms with Gasteiger partial charge >= 0.3 is 5.69 Å². The van der Waals surface area contributed by atoms with Gasteiger partial charge in [0.25, 0.3) is 5.56 Å². The zero-order valence-corrected chi connectivity index (χ0v) is 19.0. The third kappa shape index (κ3) is 5.19. The van der Waals surface area contributed by atoms with Crippen LogP contribution in [-0.2, 0) is 10.0 Å². The first-order valence-corrected chi connectivity index (χ1v) is 11.6. The number of methoxy groups -OCH3 is 1. The van der Waals surface area contributed by atoms with Gasteiger partial charge in [0.1, 0.15) is 5.75 Å². The van der Waals surface area contributed by atoms with Crippen LogP contribution in [0.1, 0.15) is 11.1 Å². The summed E-state index contributed by atoms with van der Waals surface area (Å²) in [6.07, 6.45) is 6.01. The molecule has 8 nitrogen and oxygen atoms in total. The Morgan fingerprint density at radius 1 is 1.10 bits per heavy atom. The number of halogens is 1. The fourth-order valence-electron chi connectivity index (χ4n) is 2.80. The maximum atomic E-state index is 12.2. The van der Waals surface area contributed by atoms with Crippen LogP contribution in [0.4, 0.5) is 5.69 Å². The second kappa shape index (κ2) is 8.88. The number of H-pyrrole nitrogens is 1. The highest BCUT2D eigenvalue weighted by atomic mass is 127. The molecule has 2 aromatic carbocycles. The van der Waals surface area contributed by atoms with Crippen LogP contribution in [0, 0.1) is 3.57 Å². The number of aromatic amines is 1. The molecule has 30 heavy (non-hydrogen) atoms. The SMILES string of the molecule is COc1c(I)cc(-n2c(=O)cc[nH]c2=O)cc1C=Cc1ccc(NS(C)(=O)=O)cc1. The third-order valence-corrected chi connectivity index (χ3v) is 5.45. The largest absolute Gasteiger partial charge is 0.495 e. The van der Waals surface area contributed by atoms with Crippen molar-refractivity contribution in [3.8, 4) is 11.4 Å². The molecule has 0 aliphatic rings. The first-order chi connectivity index (χ1) is 14.2. The van der Waals surface area contributed by atoms with Crippen LogP contribution >= 0.6 is 22.6 Å². The van der Waals surface area contributed by atoms with Gasteiger partial charge in [-0.25, -0.2) is 17.8 Å². The normalized spacial score (nSPS) is 11.6. The number of hydrogen-bond donors (Lipinski definition) is 2. The van der Waals surface area contributed by atoms with Gasteiger partial charge in [-0.3, -0.25) is 9.52 Å². The van der Waals surface area contributed by atoms with Crippen LogP contribution in [0.15, 0.2) is 58.3 Å². The highest BCUT2D eigenvalue weighted by molar-refractivity contribution is 14.1. The second-order valence-electron chi connectivity index (χ2n) is 6.34. The van der Waals surface area contributed by atoms with Crippen LogP contribution in [0.2, 0.25) is 0 Å². The third-order valence-electron chi connectivity index (χ3n) is 4.04. The standard InChI is InChI=1S/C20H18IN3O5S/c1-29-19-14(6-3-13-4-7-15(8-5-13)23-30(2,27)28)11-16(12-17(19)21)24-18(25)9-10-22-20(24)26/h3-12,23H,1-2H3,(H,22,26). The Morgan fingerprint density at radius 3 is 2.40 bits per heavy atom. The Labute approximate surface area is 186 Å². The molecule has 3 rings (SSSR count). The minimum absolute atomic E-state index is 0.416. The number of hydrogen-bond acceptors (Lipinski definition) is 5. The van der Waals surface area contributed by atoms with Gasteiger partial charge in [0.05, 0.1) is 22.6 Å². The summed E-state index contributed by atoms with van der Waals surface area (Å²) in [5, 5.41) is 0. The molecule has 2 N–H and O–H groups in total. The van der Waals surface area contributed by atoms with Gasteiger partial charge in [-0.1, -0.05) is 24.3 Å². The molecule has 0 bridgehead atoms. The lowest BCUT2D eigenvalue weighted by Gasteiger charge is -2.12. The van der Waals surface area contributed by atoms with E-state index in [1.54, 1.807) is 49.6 Å². The molecule has 0 aliphatic heterocycles. The minimum atomic E-state index is -3.34. The van der Waals surface area contributed by atoms with Gasteiger partial charge in [-0.15, -0.1) is 0 Å². The van der Waals surface area contributed by atoms with Crippen molar-refractivity contribution in [3.63, 3.8) is 0 Å². The first-order valence-electron chi connectivity index (χ1n) is 8.62. The van der Waals surface area contributed by atoms with E-state index in [2.05, 4.69) is 32.3 Å². The fraction of sp³-hybridized carbons (Fsp3) is 0.100. The predicted molar refractivity (Wildman–Crippen MR) is 126 cm³/mol. The number of ether oxygens (including phenoxy) is 1. The Hall–Kier alpha value is -2.86. The maximum absolute atomic E-state index is 12.2. The Morgan fingerprint density at radius 2 is 1.80 bits per heavy atom. The number of nitrogens with zero attached hydrogens (tertiary/aromatic N) is 1. The Balaban J connectivity index is 2.00. The highest BCUT2D eigenvalue weighted by Crippen LogP contribution is 2.30. The van der Waals surface area contributed by atoms with Crippen molar-refractivity contribution in [1.29, 1.82) is 0 Å². The van der Waals surface area contributed by atoms with E-state index in [0.717, 1.165) is 20.0 Å². The molecule has 1 heterocycles. The molecule has 0 amide bonds. The van der Waals surface area contributed by atoms with E-state index in [0.29, 0.717) is 22.7 Å². The summed E-state index contributed by atoms with van der Waals surface area (Å²) in [5.74, 6) is 0.603. The predicted octanol–water partition coefficient (Wildman–Crippen LogP) is 2.68. The molecule has 10 heteroatoms. The zero-order chi connectivity index (χ0) is 21.9. The molecule has 156 valence electrons. The van der Waals surface area contributed by atoms with E-state index < -0.39 is 21.3 Å². The van der Waals surface area contributed by atoms with Crippen molar-refractivity contribution < 1.29 is 13.2 Å². The van der Waals surface area contributed by atoms with Crippen molar-refractivity contribution in [3.05, 3.63) is 84.2 Å². The summed E-state index contributed by atoms with van der Waals surface area (Å²) in [6.45, 7) is 0. The molecule has 0 spiro atoms. The topological polar surface area (TPSA) is 110 Å². The van der Waals surface area contributed by atoms with Crippen molar-refractivity contribution >= 4 is 50.5 Å². The number of sulfonamides is 1. The molecule has 0 unspecified atom stereocenters. The van der Waals surface area contributed by atoms with E-state index in [-0.39, 0.29) is 0 Å². The Bertz CT molecular complexity index is 1300. The van der Waals surface area contributed by atoms with Crippen LogP contribution in [0.25, 0.3) is 17.8 Å². The number of nitrogens with one attached hydrogen (secondary N) is 2. The van der Waals surface area contributed by atoms with E-state index in [4.69, 9.17) is 4.74 Å². The maximum Gasteiger partial charge on any atom is 0.332 e. The van der Waals surface area contributed by atoms with Crippen LogP contribution in [-0.4, -0.2) is 31.3 Å². The van der Waals surface area contributed by atoms with Crippen LogP contribution in [0.3, 0.4) is 0 Å².